The third-order valence-electron chi connectivity index (χ3n) is 7.89. The van der Waals surface area contributed by atoms with Crippen LogP contribution in [0.3, 0.4) is 0 Å². The van der Waals surface area contributed by atoms with E-state index in [4.69, 9.17) is 6.42 Å². The summed E-state index contributed by atoms with van der Waals surface area (Å²) in [5.41, 5.74) is -0.449. The van der Waals surface area contributed by atoms with E-state index in [0.717, 1.165) is 37.7 Å². The summed E-state index contributed by atoms with van der Waals surface area (Å²) in [5, 5.41) is 11.1. The molecule has 0 aromatic rings. The second-order valence-electron chi connectivity index (χ2n) is 8.36. The summed E-state index contributed by atoms with van der Waals surface area (Å²) in [5.74, 6) is 4.38. The fraction of sp³-hybridized carbons (Fsp3) is 0.714. The highest BCUT2D eigenvalue weighted by Gasteiger charge is 2.64. The van der Waals surface area contributed by atoms with Crippen LogP contribution in [-0.4, -0.2) is 22.3 Å². The lowest BCUT2D eigenvalue weighted by Crippen LogP contribution is -2.54. The van der Waals surface area contributed by atoms with Gasteiger partial charge in [-0.1, -0.05) is 12.8 Å². The van der Waals surface area contributed by atoms with Gasteiger partial charge in [-0.05, 0) is 68.3 Å². The molecule has 0 saturated heterocycles. The molecule has 6 atom stereocenters. The Morgan fingerprint density at radius 2 is 2.04 bits per heavy atom. The van der Waals surface area contributed by atoms with Crippen molar-refractivity contribution >= 4 is 11.6 Å². The number of hydrogen-bond donors (Lipinski definition) is 1. The van der Waals surface area contributed by atoms with Crippen molar-refractivity contribution in [2.75, 3.05) is 0 Å². The molecule has 128 valence electrons. The molecule has 0 aromatic carbocycles. The van der Waals surface area contributed by atoms with Gasteiger partial charge in [-0.3, -0.25) is 9.59 Å². The van der Waals surface area contributed by atoms with Crippen LogP contribution < -0.4 is 0 Å². The minimum atomic E-state index is -1.01. The van der Waals surface area contributed by atoms with Gasteiger partial charge in [-0.2, -0.15) is 0 Å². The molecule has 1 N–H and O–H groups in total. The molecule has 3 heteroatoms. The molecule has 3 fully saturated rings. The number of carbonyl (C=O) groups is 2. The van der Waals surface area contributed by atoms with Crippen molar-refractivity contribution < 1.29 is 14.7 Å². The van der Waals surface area contributed by atoms with E-state index in [9.17, 15) is 14.7 Å². The van der Waals surface area contributed by atoms with Crippen molar-refractivity contribution in [2.45, 2.75) is 63.9 Å². The number of allylic oxidation sites excluding steroid dienone is 1. The summed E-state index contributed by atoms with van der Waals surface area (Å²) in [4.78, 5) is 24.5. The Bertz CT molecular complexity index is 669. The Morgan fingerprint density at radius 3 is 2.75 bits per heavy atom. The topological polar surface area (TPSA) is 54.4 Å². The molecule has 0 spiro atoms. The van der Waals surface area contributed by atoms with Crippen LogP contribution in [0.1, 0.15) is 58.3 Å². The second-order valence-corrected chi connectivity index (χ2v) is 8.36. The first kappa shape index (κ1) is 16.1. The summed E-state index contributed by atoms with van der Waals surface area (Å²) < 4.78 is 0. The molecule has 4 aliphatic carbocycles. The molecule has 4 aliphatic rings. The fourth-order valence-corrected chi connectivity index (χ4v) is 6.76. The van der Waals surface area contributed by atoms with Crippen LogP contribution in [0.5, 0.6) is 0 Å². The molecular weight excluding hydrogens is 300 g/mol. The van der Waals surface area contributed by atoms with Crippen LogP contribution in [0.15, 0.2) is 11.6 Å². The Hall–Kier alpha value is -1.40. The van der Waals surface area contributed by atoms with Gasteiger partial charge in [0.2, 0.25) is 0 Å². The summed E-state index contributed by atoms with van der Waals surface area (Å²) in [6.07, 6.45) is 13.7. The lowest BCUT2D eigenvalue weighted by Gasteiger charge is -2.55. The molecule has 3 nitrogen and oxygen atoms in total. The lowest BCUT2D eigenvalue weighted by molar-refractivity contribution is -0.132. The van der Waals surface area contributed by atoms with Crippen molar-refractivity contribution in [3.63, 3.8) is 0 Å². The van der Waals surface area contributed by atoms with Gasteiger partial charge in [0, 0.05) is 23.8 Å². The largest absolute Gasteiger partial charge is 0.377 e. The van der Waals surface area contributed by atoms with Gasteiger partial charge in [0.15, 0.2) is 11.6 Å². The van der Waals surface area contributed by atoms with Crippen LogP contribution >= 0.6 is 0 Å². The quantitative estimate of drug-likeness (QED) is 0.754. The number of Topliss-reactive ketones (excluding diaryl/α,β-unsaturated/α-hetero) is 1. The van der Waals surface area contributed by atoms with Crippen molar-refractivity contribution in [3.8, 4) is 12.3 Å². The highest BCUT2D eigenvalue weighted by Crippen LogP contribution is 2.65. The van der Waals surface area contributed by atoms with Crippen molar-refractivity contribution in [2.24, 2.45) is 29.1 Å². The zero-order valence-corrected chi connectivity index (χ0v) is 14.4. The zero-order chi connectivity index (χ0) is 17.1. The van der Waals surface area contributed by atoms with Crippen molar-refractivity contribution in [1.29, 1.82) is 0 Å². The Labute approximate surface area is 143 Å². The molecule has 4 rings (SSSR count). The number of aliphatic hydroxyl groups is 1. The first-order chi connectivity index (χ1) is 11.5. The van der Waals surface area contributed by atoms with Crippen LogP contribution in [-0.2, 0) is 9.59 Å². The smallest absolute Gasteiger partial charge is 0.159 e. The average molecular weight is 326 g/mol. The molecule has 0 heterocycles. The predicted octanol–water partition coefficient (Wildman–Crippen LogP) is 3.06. The number of hydrogen-bond acceptors (Lipinski definition) is 3. The van der Waals surface area contributed by atoms with E-state index in [2.05, 4.69) is 12.8 Å². The van der Waals surface area contributed by atoms with Crippen LogP contribution in [0, 0.1) is 41.4 Å². The zero-order valence-electron chi connectivity index (χ0n) is 14.4. The first-order valence-corrected chi connectivity index (χ1v) is 9.43. The molecular formula is C21H26O3. The van der Waals surface area contributed by atoms with Crippen LogP contribution in [0.2, 0.25) is 0 Å². The third-order valence-corrected chi connectivity index (χ3v) is 7.89. The first-order valence-electron chi connectivity index (χ1n) is 9.43. The van der Waals surface area contributed by atoms with Crippen LogP contribution in [0.4, 0.5) is 0 Å². The Kier molecular flexibility index (Phi) is 3.55. The highest BCUT2D eigenvalue weighted by molar-refractivity contribution is 6.05. The molecule has 3 saturated carbocycles. The second kappa shape index (κ2) is 5.30. The summed E-state index contributed by atoms with van der Waals surface area (Å²) in [6.45, 7) is 2.14. The van der Waals surface area contributed by atoms with E-state index >= 15 is 0 Å². The molecule has 0 aliphatic heterocycles. The SMILES string of the molecule is C#C[C@]1(O)CCC2C3CC(=O)C4=CC(=O)CCC4C3CC[C@@]21CC. The number of rotatable bonds is 1. The van der Waals surface area contributed by atoms with Crippen LogP contribution in [0.25, 0.3) is 0 Å². The minimum absolute atomic E-state index is 0.106. The number of terminal acetylenes is 1. The van der Waals surface area contributed by atoms with E-state index in [0.29, 0.717) is 37.0 Å². The molecule has 0 bridgehead atoms. The van der Waals surface area contributed by atoms with E-state index in [1.54, 1.807) is 6.08 Å². The maximum absolute atomic E-state index is 12.7. The van der Waals surface area contributed by atoms with Gasteiger partial charge in [0.1, 0.15) is 5.60 Å². The highest BCUT2D eigenvalue weighted by atomic mass is 16.3. The van der Waals surface area contributed by atoms with E-state index in [-0.39, 0.29) is 22.9 Å². The van der Waals surface area contributed by atoms with Gasteiger partial charge in [0.05, 0.1) is 0 Å². The van der Waals surface area contributed by atoms with E-state index < -0.39 is 5.60 Å². The molecule has 24 heavy (non-hydrogen) atoms. The fourth-order valence-electron chi connectivity index (χ4n) is 6.76. The summed E-state index contributed by atoms with van der Waals surface area (Å²) in [6, 6.07) is 0. The summed E-state index contributed by atoms with van der Waals surface area (Å²) >= 11 is 0. The third kappa shape index (κ3) is 1.90. The Balaban J connectivity index is 1.72. The normalized spacial score (nSPS) is 47.3. The molecule has 0 radical (unpaired) electrons. The predicted molar refractivity (Wildman–Crippen MR) is 90.9 cm³/mol. The molecule has 0 aromatic heterocycles. The van der Waals surface area contributed by atoms with E-state index in [1.807, 2.05) is 0 Å². The number of ketones is 2. The standard InChI is InChI=1S/C21H26O3/c1-3-20-9-7-15-14-6-5-13(22)11-17(14)19(23)12-16(15)18(20)8-10-21(20,24)4-2/h2,11,14-16,18,24H,3,5-10,12H2,1H3/t14?,15?,16?,18?,20-,21-/m0/s1. The van der Waals surface area contributed by atoms with Gasteiger partial charge >= 0.3 is 0 Å². The average Bonchev–Trinajstić information content (AvgIpc) is 2.89. The summed E-state index contributed by atoms with van der Waals surface area (Å²) in [7, 11) is 0. The maximum Gasteiger partial charge on any atom is 0.159 e. The Morgan fingerprint density at radius 1 is 1.25 bits per heavy atom. The lowest BCUT2D eigenvalue weighted by atomic mass is 9.49. The van der Waals surface area contributed by atoms with Gasteiger partial charge in [-0.25, -0.2) is 0 Å². The molecule has 4 unspecified atom stereocenters. The monoisotopic (exact) mass is 326 g/mol. The minimum Gasteiger partial charge on any atom is -0.377 e. The van der Waals surface area contributed by atoms with E-state index in [1.165, 1.54) is 0 Å². The van der Waals surface area contributed by atoms with Gasteiger partial charge in [-0.15, -0.1) is 6.42 Å². The van der Waals surface area contributed by atoms with Gasteiger partial charge < -0.3 is 5.11 Å². The number of carbonyl (C=O) groups excluding carboxylic acids is 2. The van der Waals surface area contributed by atoms with Crippen molar-refractivity contribution in [1.82, 2.24) is 0 Å². The van der Waals surface area contributed by atoms with Gasteiger partial charge in [0.25, 0.3) is 0 Å². The maximum atomic E-state index is 12.7. The molecule has 0 amide bonds. The number of fused-ring (bicyclic) bond motifs is 5. The van der Waals surface area contributed by atoms with Crippen molar-refractivity contribution in [3.05, 3.63) is 11.6 Å².